The number of carbonyl (C=O) groups is 2. The minimum absolute atomic E-state index is 0.750. The van der Waals surface area contributed by atoms with Crippen molar-refractivity contribution in [3.05, 3.63) is 12.2 Å². The van der Waals surface area contributed by atoms with Crippen molar-refractivity contribution in [1.82, 2.24) is 0 Å². The molecule has 0 spiro atoms. The number of allylic oxidation sites excluding steroid dienone is 1. The molecule has 0 aromatic heterocycles. The summed E-state index contributed by atoms with van der Waals surface area (Å²) in [6.07, 6.45) is 16.9. The number of rotatable bonds is 17. The Morgan fingerprint density at radius 1 is 0.889 bits per heavy atom. The van der Waals surface area contributed by atoms with Gasteiger partial charge in [0.2, 0.25) is 0 Å². The predicted molar refractivity (Wildman–Crippen MR) is 111 cm³/mol. The van der Waals surface area contributed by atoms with Crippen LogP contribution in [0.1, 0.15) is 97.8 Å². The van der Waals surface area contributed by atoms with Crippen LogP contribution in [-0.2, 0) is 9.59 Å². The Kier molecular flexibility index (Phi) is 14.4. The van der Waals surface area contributed by atoms with E-state index in [4.69, 9.17) is 5.73 Å². The largest absolute Gasteiger partial charge is 0.387 e. The maximum atomic E-state index is 11.6. The molecule has 0 aromatic rings. The molecule has 5 heteroatoms. The highest BCUT2D eigenvalue weighted by Crippen LogP contribution is 2.17. The summed E-state index contributed by atoms with van der Waals surface area (Å²) in [5.41, 5.74) is 3.42. The number of aliphatic hydroxyl groups is 2. The number of hydrogen-bond donors (Lipinski definition) is 3. The van der Waals surface area contributed by atoms with E-state index in [1.165, 1.54) is 63.9 Å². The molecule has 0 aliphatic heterocycles. The number of nitrogens with two attached hydrogens (primary N) is 1. The van der Waals surface area contributed by atoms with E-state index < -0.39 is 29.3 Å². The number of hydrogen-bond acceptors (Lipinski definition) is 5. The third-order valence-electron chi connectivity index (χ3n) is 5.23. The van der Waals surface area contributed by atoms with Gasteiger partial charge >= 0.3 is 0 Å². The molecule has 2 atom stereocenters. The minimum atomic E-state index is -2.33. The molecule has 0 bridgehead atoms. The van der Waals surface area contributed by atoms with Crippen LogP contribution in [0, 0.1) is 0 Å². The molecule has 0 aliphatic carbocycles. The molecule has 4 N–H and O–H groups in total. The summed E-state index contributed by atoms with van der Waals surface area (Å²) < 4.78 is 0. The highest BCUT2D eigenvalue weighted by molar-refractivity contribution is 6.09. The van der Waals surface area contributed by atoms with E-state index in [1.807, 2.05) is 0 Å². The van der Waals surface area contributed by atoms with Crippen molar-refractivity contribution >= 4 is 11.6 Å². The van der Waals surface area contributed by atoms with Gasteiger partial charge in [-0.2, -0.15) is 0 Å². The monoisotopic (exact) mass is 383 g/mol. The molecule has 0 fully saturated rings. The first-order chi connectivity index (χ1) is 12.8. The molecule has 0 unspecified atom stereocenters. The molecule has 158 valence electrons. The van der Waals surface area contributed by atoms with Gasteiger partial charge < -0.3 is 15.9 Å². The zero-order valence-corrected chi connectivity index (χ0v) is 17.6. The van der Waals surface area contributed by atoms with E-state index in [9.17, 15) is 19.8 Å². The zero-order chi connectivity index (χ0) is 20.7. The molecule has 5 nitrogen and oxygen atoms in total. The second kappa shape index (κ2) is 14.9. The van der Waals surface area contributed by atoms with Crippen molar-refractivity contribution in [2.24, 2.45) is 5.73 Å². The summed E-state index contributed by atoms with van der Waals surface area (Å²) in [6.45, 7) is 4.44. The van der Waals surface area contributed by atoms with Gasteiger partial charge in [0.25, 0.3) is 0 Å². The smallest absolute Gasteiger partial charge is 0.198 e. The Morgan fingerprint density at radius 3 is 1.70 bits per heavy atom. The van der Waals surface area contributed by atoms with E-state index in [2.05, 4.69) is 6.92 Å². The molecule has 0 radical (unpaired) electrons. The molecule has 0 rings (SSSR count). The second-order valence-corrected chi connectivity index (χ2v) is 7.65. The Hall–Kier alpha value is -1.04. The second-order valence-electron chi connectivity index (χ2n) is 7.65. The Balaban J connectivity index is 3.87. The van der Waals surface area contributed by atoms with Crippen molar-refractivity contribution < 1.29 is 19.8 Å². The SMILES string of the molecule is CCCCCCCCCCCCC/C=C/[C@@H](O)[C@H](N)C(O)(C(C)=O)C(C)=O. The molecule has 0 saturated carbocycles. The molecule has 0 amide bonds. The van der Waals surface area contributed by atoms with Gasteiger partial charge in [0.1, 0.15) is 0 Å². The Morgan fingerprint density at radius 2 is 1.30 bits per heavy atom. The fourth-order valence-corrected chi connectivity index (χ4v) is 3.25. The number of Topliss-reactive ketones (excluding diaryl/α,β-unsaturated/α-hetero) is 2. The highest BCUT2D eigenvalue weighted by Gasteiger charge is 2.46. The number of aliphatic hydroxyl groups excluding tert-OH is 1. The lowest BCUT2D eigenvalue weighted by Crippen LogP contribution is -2.62. The van der Waals surface area contributed by atoms with E-state index >= 15 is 0 Å². The Labute approximate surface area is 165 Å². The van der Waals surface area contributed by atoms with Crippen LogP contribution in [0.5, 0.6) is 0 Å². The summed E-state index contributed by atoms with van der Waals surface area (Å²) >= 11 is 0. The van der Waals surface area contributed by atoms with Gasteiger partial charge in [0, 0.05) is 0 Å². The third kappa shape index (κ3) is 10.2. The highest BCUT2D eigenvalue weighted by atomic mass is 16.3. The normalized spacial score (nSPS) is 14.4. The van der Waals surface area contributed by atoms with Crippen LogP contribution >= 0.6 is 0 Å². The van der Waals surface area contributed by atoms with Crippen LogP contribution in [0.2, 0.25) is 0 Å². The molecule has 0 aromatic carbocycles. The molecule has 0 heterocycles. The molecular weight excluding hydrogens is 342 g/mol. The van der Waals surface area contributed by atoms with Crippen molar-refractivity contribution in [3.63, 3.8) is 0 Å². The van der Waals surface area contributed by atoms with Gasteiger partial charge in [-0.1, -0.05) is 83.3 Å². The van der Waals surface area contributed by atoms with E-state index in [0.29, 0.717) is 0 Å². The van der Waals surface area contributed by atoms with Gasteiger partial charge in [-0.15, -0.1) is 0 Å². The average Bonchev–Trinajstić information content (AvgIpc) is 2.63. The van der Waals surface area contributed by atoms with Crippen molar-refractivity contribution in [2.75, 3.05) is 0 Å². The number of carbonyl (C=O) groups excluding carboxylic acids is 2. The standard InChI is InChI=1S/C22H41NO4/c1-4-5-6-7-8-9-10-11-12-13-14-15-16-17-20(26)21(23)22(27,18(2)24)19(3)25/h16-17,20-21,26-27H,4-15,23H2,1-3H3/b17-16+/t20-,21+/m1/s1. The third-order valence-corrected chi connectivity index (χ3v) is 5.23. The number of ketones is 2. The molecule has 0 saturated heterocycles. The van der Waals surface area contributed by atoms with Gasteiger partial charge in [0.15, 0.2) is 17.2 Å². The summed E-state index contributed by atoms with van der Waals surface area (Å²) in [5.74, 6) is -1.50. The molecule has 27 heavy (non-hydrogen) atoms. The topological polar surface area (TPSA) is 101 Å². The van der Waals surface area contributed by atoms with Crippen molar-refractivity contribution in [1.29, 1.82) is 0 Å². The van der Waals surface area contributed by atoms with Gasteiger partial charge in [-0.25, -0.2) is 0 Å². The van der Waals surface area contributed by atoms with Crippen LogP contribution < -0.4 is 5.73 Å². The van der Waals surface area contributed by atoms with Crippen LogP contribution in [0.4, 0.5) is 0 Å². The lowest BCUT2D eigenvalue weighted by molar-refractivity contribution is -0.152. The first kappa shape index (κ1) is 26.0. The lowest BCUT2D eigenvalue weighted by atomic mass is 9.83. The van der Waals surface area contributed by atoms with Gasteiger partial charge in [-0.05, 0) is 26.7 Å². The van der Waals surface area contributed by atoms with E-state index in [-0.39, 0.29) is 0 Å². The molecular formula is C22H41NO4. The van der Waals surface area contributed by atoms with Gasteiger partial charge in [-0.3, -0.25) is 9.59 Å². The van der Waals surface area contributed by atoms with E-state index in [0.717, 1.165) is 33.1 Å². The number of unbranched alkanes of at least 4 members (excludes halogenated alkanes) is 11. The van der Waals surface area contributed by atoms with E-state index in [1.54, 1.807) is 6.08 Å². The fourth-order valence-electron chi connectivity index (χ4n) is 3.25. The average molecular weight is 384 g/mol. The van der Waals surface area contributed by atoms with Crippen LogP contribution in [-0.4, -0.2) is 39.5 Å². The van der Waals surface area contributed by atoms with Crippen LogP contribution in [0.15, 0.2) is 12.2 Å². The summed E-state index contributed by atoms with van der Waals surface area (Å²) in [6, 6.07) is -1.36. The first-order valence-electron chi connectivity index (χ1n) is 10.6. The fraction of sp³-hybridized carbons (Fsp3) is 0.818. The maximum absolute atomic E-state index is 11.6. The maximum Gasteiger partial charge on any atom is 0.198 e. The predicted octanol–water partition coefficient (Wildman–Crippen LogP) is 3.84. The first-order valence-corrected chi connectivity index (χ1v) is 10.6. The van der Waals surface area contributed by atoms with Crippen molar-refractivity contribution in [3.8, 4) is 0 Å². The summed E-state index contributed by atoms with van der Waals surface area (Å²) in [4.78, 5) is 23.1. The summed E-state index contributed by atoms with van der Waals surface area (Å²) in [7, 11) is 0. The van der Waals surface area contributed by atoms with Gasteiger partial charge in [0.05, 0.1) is 12.1 Å². The molecule has 0 aliphatic rings. The lowest BCUT2D eigenvalue weighted by Gasteiger charge is -2.31. The zero-order valence-electron chi connectivity index (χ0n) is 17.6. The quantitative estimate of drug-likeness (QED) is 0.201. The summed E-state index contributed by atoms with van der Waals surface area (Å²) in [5, 5.41) is 20.2. The minimum Gasteiger partial charge on any atom is -0.387 e. The van der Waals surface area contributed by atoms with Crippen LogP contribution in [0.25, 0.3) is 0 Å². The van der Waals surface area contributed by atoms with Crippen molar-refractivity contribution in [2.45, 2.75) is 116 Å². The van der Waals surface area contributed by atoms with Crippen LogP contribution in [0.3, 0.4) is 0 Å². The Bertz CT molecular complexity index is 434.